The van der Waals surface area contributed by atoms with Crippen molar-refractivity contribution in [1.82, 2.24) is 4.57 Å². The summed E-state index contributed by atoms with van der Waals surface area (Å²) in [5, 5.41) is 0. The van der Waals surface area contributed by atoms with Crippen LogP contribution in [-0.2, 0) is 0 Å². The number of ketones is 1. The lowest BCUT2D eigenvalue weighted by Crippen LogP contribution is -1.99. The van der Waals surface area contributed by atoms with Gasteiger partial charge in [0.25, 0.3) is 0 Å². The van der Waals surface area contributed by atoms with Crippen molar-refractivity contribution >= 4 is 11.9 Å². The largest absolute Gasteiger partial charge is 0.497 e. The Morgan fingerprint density at radius 3 is 2.38 bits per heavy atom. The molecule has 0 aliphatic carbocycles. The number of ether oxygens (including phenoxy) is 1. The molecule has 26 heavy (non-hydrogen) atoms. The molecule has 1 heterocycles. The second-order valence-corrected chi connectivity index (χ2v) is 6.43. The number of carbonyl (C=O) groups excluding carboxylic acids is 1. The number of allylic oxidation sites excluding steroid dienone is 1. The number of hydrogen-bond donors (Lipinski definition) is 0. The Kier molecular flexibility index (Phi) is 5.08. The molecular formula is C23H23NO2. The second kappa shape index (κ2) is 7.44. The summed E-state index contributed by atoms with van der Waals surface area (Å²) in [5.41, 5.74) is 6.32. The summed E-state index contributed by atoms with van der Waals surface area (Å²) in [5.74, 6) is 0.722. The first kappa shape index (κ1) is 17.7. The summed E-state index contributed by atoms with van der Waals surface area (Å²) in [4.78, 5) is 12.4. The van der Waals surface area contributed by atoms with Crippen LogP contribution < -0.4 is 4.74 Å². The van der Waals surface area contributed by atoms with Crippen molar-refractivity contribution in [3.63, 3.8) is 0 Å². The number of methoxy groups -OCH3 is 1. The molecule has 0 amide bonds. The molecular weight excluding hydrogens is 322 g/mol. The average molecular weight is 345 g/mol. The summed E-state index contributed by atoms with van der Waals surface area (Å²) in [6.45, 7) is 6.25. The van der Waals surface area contributed by atoms with Crippen LogP contribution >= 0.6 is 0 Å². The maximum Gasteiger partial charge on any atom is 0.185 e. The molecule has 2 aromatic carbocycles. The third kappa shape index (κ3) is 3.62. The zero-order chi connectivity index (χ0) is 18.7. The summed E-state index contributed by atoms with van der Waals surface area (Å²) in [7, 11) is 1.61. The Balaban J connectivity index is 1.87. The molecule has 3 nitrogen and oxygen atoms in total. The Morgan fingerprint density at radius 2 is 1.73 bits per heavy atom. The fourth-order valence-corrected chi connectivity index (χ4v) is 3.14. The number of carbonyl (C=O) groups is 1. The van der Waals surface area contributed by atoms with Gasteiger partial charge in [-0.05, 0) is 86.5 Å². The normalized spacial score (nSPS) is 11.1. The van der Waals surface area contributed by atoms with Gasteiger partial charge in [0.05, 0.1) is 7.11 Å². The summed E-state index contributed by atoms with van der Waals surface area (Å²) >= 11 is 0. The van der Waals surface area contributed by atoms with Gasteiger partial charge in [0.15, 0.2) is 5.78 Å². The minimum Gasteiger partial charge on any atom is -0.497 e. The topological polar surface area (TPSA) is 31.2 Å². The van der Waals surface area contributed by atoms with Gasteiger partial charge in [-0.3, -0.25) is 4.79 Å². The molecule has 3 rings (SSSR count). The van der Waals surface area contributed by atoms with Crippen LogP contribution in [0.15, 0.2) is 60.7 Å². The molecule has 0 unspecified atom stereocenters. The van der Waals surface area contributed by atoms with Gasteiger partial charge in [-0.15, -0.1) is 0 Å². The summed E-state index contributed by atoms with van der Waals surface area (Å²) < 4.78 is 7.34. The van der Waals surface area contributed by atoms with Crippen LogP contribution in [0.4, 0.5) is 0 Å². The maximum atomic E-state index is 12.4. The molecule has 0 aliphatic rings. The van der Waals surface area contributed by atoms with E-state index < -0.39 is 0 Å². The minimum absolute atomic E-state index is 0.0204. The van der Waals surface area contributed by atoms with Gasteiger partial charge in [-0.2, -0.15) is 0 Å². The first-order chi connectivity index (χ1) is 12.5. The van der Waals surface area contributed by atoms with Gasteiger partial charge >= 0.3 is 0 Å². The van der Waals surface area contributed by atoms with E-state index >= 15 is 0 Å². The molecule has 3 heteroatoms. The highest BCUT2D eigenvalue weighted by Gasteiger charge is 2.10. The Morgan fingerprint density at radius 1 is 1.00 bits per heavy atom. The zero-order valence-corrected chi connectivity index (χ0v) is 15.6. The molecule has 132 valence electrons. The average Bonchev–Trinajstić information content (AvgIpc) is 2.93. The monoisotopic (exact) mass is 345 g/mol. The third-order valence-corrected chi connectivity index (χ3v) is 4.52. The standard InChI is InChI=1S/C23H23NO2/c1-16-6-5-7-21(14-16)24-17(2)15-20(18(24)3)10-13-23(25)19-8-11-22(26-4)12-9-19/h5-15H,1-4H3/b13-10+. The van der Waals surface area contributed by atoms with Crippen molar-refractivity contribution < 1.29 is 9.53 Å². The smallest absolute Gasteiger partial charge is 0.185 e. The van der Waals surface area contributed by atoms with Crippen molar-refractivity contribution in [3.8, 4) is 11.4 Å². The van der Waals surface area contributed by atoms with E-state index in [0.717, 1.165) is 28.4 Å². The van der Waals surface area contributed by atoms with Gasteiger partial charge in [0.2, 0.25) is 0 Å². The first-order valence-electron chi connectivity index (χ1n) is 8.62. The summed E-state index contributed by atoms with van der Waals surface area (Å²) in [6, 6.07) is 17.7. The van der Waals surface area contributed by atoms with Crippen LogP contribution in [0.2, 0.25) is 0 Å². The van der Waals surface area contributed by atoms with Gasteiger partial charge in [0.1, 0.15) is 5.75 Å². The lowest BCUT2D eigenvalue weighted by atomic mass is 10.1. The molecule has 3 aromatic rings. The van der Waals surface area contributed by atoms with E-state index in [1.165, 1.54) is 5.56 Å². The molecule has 0 N–H and O–H groups in total. The Hall–Kier alpha value is -3.07. The van der Waals surface area contributed by atoms with Gasteiger partial charge in [-0.1, -0.05) is 12.1 Å². The SMILES string of the molecule is COc1ccc(C(=O)/C=C/c2cc(C)n(-c3cccc(C)c3)c2C)cc1. The van der Waals surface area contributed by atoms with E-state index in [-0.39, 0.29) is 5.78 Å². The number of aromatic nitrogens is 1. The molecule has 0 spiro atoms. The lowest BCUT2D eigenvalue weighted by Gasteiger charge is -2.10. The van der Waals surface area contributed by atoms with Crippen molar-refractivity contribution in [3.05, 3.63) is 88.8 Å². The first-order valence-corrected chi connectivity index (χ1v) is 8.62. The quantitative estimate of drug-likeness (QED) is 0.464. The molecule has 1 aromatic heterocycles. The van der Waals surface area contributed by atoms with Crippen molar-refractivity contribution in [2.24, 2.45) is 0 Å². The van der Waals surface area contributed by atoms with Gasteiger partial charge in [0, 0.05) is 22.6 Å². The van der Waals surface area contributed by atoms with Crippen LogP contribution in [0.5, 0.6) is 5.75 Å². The molecule has 0 saturated heterocycles. The predicted octanol–water partition coefficient (Wildman–Crippen LogP) is 5.31. The van der Waals surface area contributed by atoms with Crippen molar-refractivity contribution in [2.75, 3.05) is 7.11 Å². The van der Waals surface area contributed by atoms with Gasteiger partial charge < -0.3 is 9.30 Å². The van der Waals surface area contributed by atoms with E-state index in [1.807, 2.05) is 6.08 Å². The third-order valence-electron chi connectivity index (χ3n) is 4.52. The van der Waals surface area contributed by atoms with Gasteiger partial charge in [-0.25, -0.2) is 0 Å². The highest BCUT2D eigenvalue weighted by Crippen LogP contribution is 2.23. The second-order valence-electron chi connectivity index (χ2n) is 6.43. The number of rotatable bonds is 5. The molecule has 0 atom stereocenters. The highest BCUT2D eigenvalue weighted by molar-refractivity contribution is 6.06. The maximum absolute atomic E-state index is 12.4. The molecule has 0 saturated carbocycles. The fourth-order valence-electron chi connectivity index (χ4n) is 3.14. The molecule has 0 fully saturated rings. The zero-order valence-electron chi connectivity index (χ0n) is 15.6. The van der Waals surface area contributed by atoms with Crippen molar-refractivity contribution in [2.45, 2.75) is 20.8 Å². The number of hydrogen-bond acceptors (Lipinski definition) is 2. The van der Waals surface area contributed by atoms with Crippen LogP contribution in [-0.4, -0.2) is 17.5 Å². The van der Waals surface area contributed by atoms with Crippen molar-refractivity contribution in [1.29, 1.82) is 0 Å². The van der Waals surface area contributed by atoms with E-state index in [4.69, 9.17) is 4.74 Å². The van der Waals surface area contributed by atoms with E-state index in [2.05, 4.69) is 55.7 Å². The van der Waals surface area contributed by atoms with E-state index in [0.29, 0.717) is 5.56 Å². The van der Waals surface area contributed by atoms with Crippen LogP contribution in [0.1, 0.15) is 32.9 Å². The highest BCUT2D eigenvalue weighted by atomic mass is 16.5. The summed E-state index contributed by atoms with van der Waals surface area (Å²) in [6.07, 6.45) is 3.52. The van der Waals surface area contributed by atoms with Crippen LogP contribution in [0.3, 0.4) is 0 Å². The van der Waals surface area contributed by atoms with E-state index in [1.54, 1.807) is 37.5 Å². The predicted molar refractivity (Wildman–Crippen MR) is 106 cm³/mol. The molecule has 0 aliphatic heterocycles. The minimum atomic E-state index is -0.0204. The molecule has 0 radical (unpaired) electrons. The van der Waals surface area contributed by atoms with Crippen LogP contribution in [0, 0.1) is 20.8 Å². The van der Waals surface area contributed by atoms with Crippen LogP contribution in [0.25, 0.3) is 11.8 Å². The number of aryl methyl sites for hydroxylation is 2. The lowest BCUT2D eigenvalue weighted by molar-refractivity contribution is 0.104. The fraction of sp³-hybridized carbons (Fsp3) is 0.174. The van der Waals surface area contributed by atoms with E-state index in [9.17, 15) is 4.79 Å². The Bertz CT molecular complexity index is 962. The Labute approximate surface area is 154 Å². The molecule has 0 bridgehead atoms. The number of benzene rings is 2. The number of nitrogens with zero attached hydrogens (tertiary/aromatic N) is 1.